The summed E-state index contributed by atoms with van der Waals surface area (Å²) in [4.78, 5) is 18.2. The summed E-state index contributed by atoms with van der Waals surface area (Å²) in [5.41, 5.74) is 6.60. The first-order valence-corrected chi connectivity index (χ1v) is 7.57. The lowest BCUT2D eigenvalue weighted by Gasteiger charge is -2.28. The third kappa shape index (κ3) is 6.12. The summed E-state index contributed by atoms with van der Waals surface area (Å²) >= 11 is 0. The fourth-order valence-electron chi connectivity index (χ4n) is 2.05. The number of aromatic nitrogens is 1. The average Bonchev–Trinajstić information content (AvgIpc) is 2.37. The number of anilines is 2. The van der Waals surface area contributed by atoms with Crippen LogP contribution >= 0.6 is 0 Å². The Balaban J connectivity index is 2.79. The summed E-state index contributed by atoms with van der Waals surface area (Å²) in [6.07, 6.45) is 1.81. The molecule has 0 aromatic carbocycles. The Morgan fingerprint density at radius 1 is 1.19 bits per heavy atom. The van der Waals surface area contributed by atoms with Gasteiger partial charge in [0, 0.05) is 13.1 Å². The first-order valence-electron chi connectivity index (χ1n) is 7.57. The number of nitrogens with one attached hydrogen (secondary N) is 1. The molecule has 3 N–H and O–H groups in total. The number of hydrogen-bond donors (Lipinski definition) is 2. The predicted octanol–water partition coefficient (Wildman–Crippen LogP) is 2.49. The third-order valence-electron chi connectivity index (χ3n) is 2.95. The summed E-state index contributed by atoms with van der Waals surface area (Å²) in [5, 5.41) is 2.70. The number of pyridine rings is 1. The Labute approximate surface area is 127 Å². The van der Waals surface area contributed by atoms with Crippen LogP contribution in [-0.2, 0) is 4.79 Å². The van der Waals surface area contributed by atoms with Gasteiger partial charge in [-0.1, -0.05) is 27.7 Å². The van der Waals surface area contributed by atoms with E-state index < -0.39 is 6.04 Å². The Morgan fingerprint density at radius 3 is 2.14 bits per heavy atom. The van der Waals surface area contributed by atoms with Crippen LogP contribution in [0.25, 0.3) is 0 Å². The van der Waals surface area contributed by atoms with Crippen molar-refractivity contribution in [2.75, 3.05) is 23.3 Å². The number of hydrogen-bond acceptors (Lipinski definition) is 4. The normalized spacial score (nSPS) is 12.6. The van der Waals surface area contributed by atoms with Gasteiger partial charge in [0.2, 0.25) is 5.91 Å². The first kappa shape index (κ1) is 17.4. The Morgan fingerprint density at radius 2 is 1.76 bits per heavy atom. The van der Waals surface area contributed by atoms with Crippen molar-refractivity contribution in [3.63, 3.8) is 0 Å². The highest BCUT2D eigenvalue weighted by atomic mass is 16.2. The van der Waals surface area contributed by atoms with E-state index in [1.54, 1.807) is 6.92 Å². The third-order valence-corrected chi connectivity index (χ3v) is 2.95. The molecule has 0 aliphatic heterocycles. The van der Waals surface area contributed by atoms with Crippen molar-refractivity contribution >= 4 is 17.4 Å². The molecule has 0 spiro atoms. The van der Waals surface area contributed by atoms with Gasteiger partial charge in [-0.25, -0.2) is 4.98 Å². The van der Waals surface area contributed by atoms with E-state index in [0.717, 1.165) is 18.8 Å². The Kier molecular flexibility index (Phi) is 6.62. The van der Waals surface area contributed by atoms with Gasteiger partial charge >= 0.3 is 0 Å². The van der Waals surface area contributed by atoms with Crippen molar-refractivity contribution in [2.24, 2.45) is 17.6 Å². The van der Waals surface area contributed by atoms with E-state index in [9.17, 15) is 4.79 Å². The van der Waals surface area contributed by atoms with E-state index in [0.29, 0.717) is 17.7 Å². The van der Waals surface area contributed by atoms with Gasteiger partial charge in [-0.15, -0.1) is 0 Å². The molecular formula is C16H28N4O. The monoisotopic (exact) mass is 292 g/mol. The smallest absolute Gasteiger partial charge is 0.242 e. The number of nitrogens with zero attached hydrogens (tertiary/aromatic N) is 2. The minimum atomic E-state index is -0.537. The number of amides is 1. The van der Waals surface area contributed by atoms with Crippen LogP contribution in [0.5, 0.6) is 0 Å². The highest BCUT2D eigenvalue weighted by Crippen LogP contribution is 2.18. The summed E-state index contributed by atoms with van der Waals surface area (Å²) in [6, 6.07) is 3.28. The van der Waals surface area contributed by atoms with Crippen molar-refractivity contribution in [3.8, 4) is 0 Å². The highest BCUT2D eigenvalue weighted by molar-refractivity contribution is 5.93. The molecule has 1 amide bonds. The molecule has 1 aromatic rings. The molecule has 0 aliphatic rings. The van der Waals surface area contributed by atoms with E-state index in [-0.39, 0.29) is 5.91 Å². The Bertz CT molecular complexity index is 430. The molecule has 0 saturated heterocycles. The first-order chi connectivity index (χ1) is 9.79. The number of carbonyl (C=O) groups is 1. The van der Waals surface area contributed by atoms with Gasteiger partial charge in [0.1, 0.15) is 5.82 Å². The summed E-state index contributed by atoms with van der Waals surface area (Å²) in [6.45, 7) is 12.5. The lowest BCUT2D eigenvalue weighted by Crippen LogP contribution is -2.33. The van der Waals surface area contributed by atoms with E-state index in [2.05, 4.69) is 42.9 Å². The van der Waals surface area contributed by atoms with Crippen LogP contribution in [-0.4, -0.2) is 30.0 Å². The Hall–Kier alpha value is -1.62. The number of nitrogens with two attached hydrogens (primary N) is 1. The molecule has 0 saturated carbocycles. The van der Waals surface area contributed by atoms with Gasteiger partial charge in [0.25, 0.3) is 0 Å². The van der Waals surface area contributed by atoms with E-state index in [4.69, 9.17) is 5.73 Å². The SMILES string of the molecule is CC(C)CN(CC(C)C)c1ccc(NC(=O)C(C)N)nc1. The largest absolute Gasteiger partial charge is 0.370 e. The van der Waals surface area contributed by atoms with Gasteiger partial charge in [-0.05, 0) is 30.9 Å². The van der Waals surface area contributed by atoms with Crippen LogP contribution in [0.15, 0.2) is 18.3 Å². The van der Waals surface area contributed by atoms with Crippen molar-refractivity contribution in [3.05, 3.63) is 18.3 Å². The van der Waals surface area contributed by atoms with Crippen LogP contribution in [0, 0.1) is 11.8 Å². The van der Waals surface area contributed by atoms with Crippen molar-refractivity contribution in [1.29, 1.82) is 0 Å². The second-order valence-electron chi connectivity index (χ2n) is 6.37. The second kappa shape index (κ2) is 7.98. The maximum Gasteiger partial charge on any atom is 0.242 e. The molecule has 1 unspecified atom stereocenters. The number of carbonyl (C=O) groups excluding carboxylic acids is 1. The average molecular weight is 292 g/mol. The lowest BCUT2D eigenvalue weighted by atomic mass is 10.1. The van der Waals surface area contributed by atoms with Crippen LogP contribution in [0.1, 0.15) is 34.6 Å². The minimum Gasteiger partial charge on any atom is -0.370 e. The molecule has 1 atom stereocenters. The fraction of sp³-hybridized carbons (Fsp3) is 0.625. The van der Waals surface area contributed by atoms with Crippen LogP contribution in [0.2, 0.25) is 0 Å². The zero-order valence-electron chi connectivity index (χ0n) is 13.8. The van der Waals surface area contributed by atoms with Crippen LogP contribution in [0.4, 0.5) is 11.5 Å². The fourth-order valence-corrected chi connectivity index (χ4v) is 2.05. The maximum atomic E-state index is 11.5. The van der Waals surface area contributed by atoms with Crippen LogP contribution in [0.3, 0.4) is 0 Å². The molecule has 0 aliphatic carbocycles. The zero-order chi connectivity index (χ0) is 16.0. The quantitative estimate of drug-likeness (QED) is 0.810. The standard InChI is InChI=1S/C16H28N4O/c1-11(2)9-20(10-12(3)4)14-6-7-15(18-8-14)19-16(21)13(5)17/h6-8,11-13H,9-10,17H2,1-5H3,(H,18,19,21). The van der Waals surface area contributed by atoms with Crippen molar-refractivity contribution in [2.45, 2.75) is 40.7 Å². The van der Waals surface area contributed by atoms with Gasteiger partial charge < -0.3 is 16.0 Å². The molecule has 0 bridgehead atoms. The van der Waals surface area contributed by atoms with Crippen molar-refractivity contribution < 1.29 is 4.79 Å². The topological polar surface area (TPSA) is 71.2 Å². The summed E-state index contributed by atoms with van der Waals surface area (Å²) in [7, 11) is 0. The molecule has 1 aromatic heterocycles. The molecular weight excluding hydrogens is 264 g/mol. The zero-order valence-corrected chi connectivity index (χ0v) is 13.8. The van der Waals surface area contributed by atoms with Gasteiger partial charge in [-0.3, -0.25) is 4.79 Å². The molecule has 21 heavy (non-hydrogen) atoms. The molecule has 0 radical (unpaired) electrons. The number of rotatable bonds is 7. The van der Waals surface area contributed by atoms with Gasteiger partial charge in [0.05, 0.1) is 17.9 Å². The summed E-state index contributed by atoms with van der Waals surface area (Å²) in [5.74, 6) is 1.48. The minimum absolute atomic E-state index is 0.225. The molecule has 1 heterocycles. The van der Waals surface area contributed by atoms with Gasteiger partial charge in [-0.2, -0.15) is 0 Å². The van der Waals surface area contributed by atoms with Crippen LogP contribution < -0.4 is 16.0 Å². The summed E-state index contributed by atoms with van der Waals surface area (Å²) < 4.78 is 0. The molecule has 5 heteroatoms. The second-order valence-corrected chi connectivity index (χ2v) is 6.37. The lowest BCUT2D eigenvalue weighted by molar-refractivity contribution is -0.117. The highest BCUT2D eigenvalue weighted by Gasteiger charge is 2.12. The van der Waals surface area contributed by atoms with E-state index in [1.165, 1.54) is 0 Å². The van der Waals surface area contributed by atoms with Gasteiger partial charge in [0.15, 0.2) is 0 Å². The molecule has 0 fully saturated rings. The maximum absolute atomic E-state index is 11.5. The van der Waals surface area contributed by atoms with E-state index in [1.807, 2.05) is 18.3 Å². The van der Waals surface area contributed by atoms with Crippen molar-refractivity contribution in [1.82, 2.24) is 4.98 Å². The molecule has 1 rings (SSSR count). The van der Waals surface area contributed by atoms with E-state index >= 15 is 0 Å². The molecule has 118 valence electrons. The molecule has 5 nitrogen and oxygen atoms in total. The predicted molar refractivity (Wildman–Crippen MR) is 88.4 cm³/mol.